The number of anilines is 1. The maximum atomic E-state index is 12.5. The van der Waals surface area contributed by atoms with E-state index < -0.39 is 18.7 Å². The summed E-state index contributed by atoms with van der Waals surface area (Å²) in [5.74, 6) is -1.12. The third-order valence-electron chi connectivity index (χ3n) is 3.58. The smallest absolute Gasteiger partial charge is 0.387 e. The molecule has 0 radical (unpaired) electrons. The largest absolute Gasteiger partial charge is 0.493 e. The number of amides is 1. The first-order chi connectivity index (χ1) is 12.8. The maximum absolute atomic E-state index is 12.5. The summed E-state index contributed by atoms with van der Waals surface area (Å²) >= 11 is 0. The molecule has 2 rings (SSSR count). The summed E-state index contributed by atoms with van der Waals surface area (Å²) in [6, 6.07) is 10.7. The third kappa shape index (κ3) is 5.67. The monoisotopic (exact) mass is 379 g/mol. The Kier molecular flexibility index (Phi) is 6.70. The molecule has 6 nitrogen and oxygen atoms in total. The number of rotatable bonds is 7. The molecule has 8 heteroatoms. The van der Waals surface area contributed by atoms with E-state index in [1.165, 1.54) is 26.2 Å². The summed E-state index contributed by atoms with van der Waals surface area (Å²) in [4.78, 5) is 23.5. The summed E-state index contributed by atoms with van der Waals surface area (Å²) < 4.78 is 39.7. The van der Waals surface area contributed by atoms with Gasteiger partial charge in [0.05, 0.1) is 12.7 Å². The zero-order valence-corrected chi connectivity index (χ0v) is 15.0. The number of esters is 1. The minimum Gasteiger partial charge on any atom is -0.493 e. The predicted octanol–water partition coefficient (Wildman–Crippen LogP) is 4.17. The first-order valence-corrected chi connectivity index (χ1v) is 8.01. The van der Waals surface area contributed by atoms with Crippen LogP contribution in [0.4, 0.5) is 14.5 Å². The van der Waals surface area contributed by atoms with Gasteiger partial charge < -0.3 is 19.5 Å². The lowest BCUT2D eigenvalue weighted by molar-refractivity contribution is -0.114. The minimum atomic E-state index is -3.05. The molecule has 0 aromatic heterocycles. The number of ether oxygens (including phenoxy) is 3. The molecule has 2 aromatic carbocycles. The van der Waals surface area contributed by atoms with Crippen LogP contribution in [0.15, 0.2) is 42.5 Å². The summed E-state index contributed by atoms with van der Waals surface area (Å²) in [5, 5.41) is 2.64. The third-order valence-corrected chi connectivity index (χ3v) is 3.58. The van der Waals surface area contributed by atoms with Gasteiger partial charge in [-0.2, -0.15) is 8.78 Å². The highest BCUT2D eigenvalue weighted by molar-refractivity contribution is 5.90. The van der Waals surface area contributed by atoms with E-state index in [1.807, 2.05) is 0 Å². The van der Waals surface area contributed by atoms with Gasteiger partial charge in [0.1, 0.15) is 6.10 Å². The van der Waals surface area contributed by atoms with Gasteiger partial charge in [-0.3, -0.25) is 4.79 Å². The molecule has 0 spiro atoms. The van der Waals surface area contributed by atoms with Crippen LogP contribution in [0.1, 0.15) is 35.9 Å². The summed E-state index contributed by atoms with van der Waals surface area (Å²) in [7, 11) is 1.30. The average Bonchev–Trinajstić information content (AvgIpc) is 2.60. The first kappa shape index (κ1) is 20.2. The quantitative estimate of drug-likeness (QED) is 0.731. The van der Waals surface area contributed by atoms with Crippen molar-refractivity contribution in [2.75, 3.05) is 12.4 Å². The number of benzene rings is 2. The van der Waals surface area contributed by atoms with E-state index in [1.54, 1.807) is 31.2 Å². The van der Waals surface area contributed by atoms with Gasteiger partial charge in [-0.1, -0.05) is 12.1 Å². The molecule has 2 aromatic rings. The van der Waals surface area contributed by atoms with Crippen molar-refractivity contribution in [3.8, 4) is 11.5 Å². The van der Waals surface area contributed by atoms with Crippen molar-refractivity contribution in [1.29, 1.82) is 0 Å². The number of halogens is 2. The van der Waals surface area contributed by atoms with Gasteiger partial charge in [0.2, 0.25) is 5.91 Å². The number of hydrogen-bond donors (Lipinski definition) is 1. The number of nitrogens with one attached hydrogen (secondary N) is 1. The Morgan fingerprint density at radius 2 is 1.81 bits per heavy atom. The fourth-order valence-corrected chi connectivity index (χ4v) is 2.36. The normalized spacial score (nSPS) is 11.6. The maximum Gasteiger partial charge on any atom is 0.387 e. The molecule has 144 valence electrons. The van der Waals surface area contributed by atoms with Crippen molar-refractivity contribution >= 4 is 17.6 Å². The number of methoxy groups -OCH3 is 1. The highest BCUT2D eigenvalue weighted by Crippen LogP contribution is 2.30. The number of hydrogen-bond acceptors (Lipinski definition) is 5. The second-order valence-electron chi connectivity index (χ2n) is 5.60. The Balaban J connectivity index is 2.15. The number of carbonyl (C=O) groups excluding carboxylic acids is 2. The van der Waals surface area contributed by atoms with Gasteiger partial charge in [-0.15, -0.1) is 0 Å². The van der Waals surface area contributed by atoms with Crippen LogP contribution in [0.2, 0.25) is 0 Å². The summed E-state index contributed by atoms with van der Waals surface area (Å²) in [5.41, 5.74) is 1.27. The summed E-state index contributed by atoms with van der Waals surface area (Å²) in [6.07, 6.45) is -0.632. The first-order valence-electron chi connectivity index (χ1n) is 8.01. The van der Waals surface area contributed by atoms with Crippen molar-refractivity contribution < 1.29 is 32.6 Å². The highest BCUT2D eigenvalue weighted by atomic mass is 19.3. The number of carbonyl (C=O) groups is 2. The van der Waals surface area contributed by atoms with E-state index in [-0.39, 0.29) is 23.0 Å². The number of alkyl halides is 2. The van der Waals surface area contributed by atoms with Crippen LogP contribution in [-0.4, -0.2) is 25.6 Å². The highest BCUT2D eigenvalue weighted by Gasteiger charge is 2.18. The minimum absolute atomic E-state index is 0.0383. The topological polar surface area (TPSA) is 73.9 Å². The Labute approximate surface area is 155 Å². The van der Waals surface area contributed by atoms with Crippen LogP contribution in [-0.2, 0) is 9.53 Å². The molecule has 0 saturated heterocycles. The van der Waals surface area contributed by atoms with Gasteiger partial charge in [-0.25, -0.2) is 4.79 Å². The molecule has 0 aliphatic carbocycles. The second-order valence-corrected chi connectivity index (χ2v) is 5.60. The Hall–Kier alpha value is -3.16. The molecule has 0 aliphatic rings. The summed E-state index contributed by atoms with van der Waals surface area (Å²) in [6.45, 7) is -0.00962. The van der Waals surface area contributed by atoms with Crippen molar-refractivity contribution in [3.63, 3.8) is 0 Å². The molecule has 1 atom stereocenters. The van der Waals surface area contributed by atoms with Crippen LogP contribution < -0.4 is 14.8 Å². The van der Waals surface area contributed by atoms with Crippen LogP contribution in [0.25, 0.3) is 0 Å². The Morgan fingerprint density at radius 3 is 2.44 bits per heavy atom. The van der Waals surface area contributed by atoms with Gasteiger partial charge >= 0.3 is 12.6 Å². The van der Waals surface area contributed by atoms with Gasteiger partial charge in [0.15, 0.2) is 11.5 Å². The van der Waals surface area contributed by atoms with Crippen LogP contribution in [0.5, 0.6) is 11.5 Å². The Bertz CT molecular complexity index is 825. The fourth-order valence-electron chi connectivity index (χ4n) is 2.36. The molecule has 1 unspecified atom stereocenters. The standard InChI is InChI=1S/C19H19F2NO5/c1-11(13-5-4-6-15(9-13)22-12(2)23)26-18(24)14-7-8-16(25-3)17(10-14)27-19(20)21/h4-11,19H,1-3H3,(H,22,23). The van der Waals surface area contributed by atoms with Crippen molar-refractivity contribution in [2.24, 2.45) is 0 Å². The molecule has 0 fully saturated rings. The lowest BCUT2D eigenvalue weighted by atomic mass is 10.1. The van der Waals surface area contributed by atoms with E-state index in [4.69, 9.17) is 9.47 Å². The SMILES string of the molecule is COc1ccc(C(=O)OC(C)c2cccc(NC(C)=O)c2)cc1OC(F)F. The molecule has 1 N–H and O–H groups in total. The predicted molar refractivity (Wildman–Crippen MR) is 94.2 cm³/mol. The zero-order chi connectivity index (χ0) is 20.0. The molecule has 0 saturated carbocycles. The van der Waals surface area contributed by atoms with Crippen LogP contribution in [0, 0.1) is 0 Å². The van der Waals surface area contributed by atoms with Gasteiger partial charge in [0.25, 0.3) is 0 Å². The zero-order valence-electron chi connectivity index (χ0n) is 15.0. The molecule has 1 amide bonds. The van der Waals surface area contributed by atoms with Crippen molar-refractivity contribution in [2.45, 2.75) is 26.6 Å². The van der Waals surface area contributed by atoms with E-state index in [2.05, 4.69) is 10.1 Å². The molecule has 27 heavy (non-hydrogen) atoms. The fraction of sp³-hybridized carbons (Fsp3) is 0.263. The molecule has 0 bridgehead atoms. The van der Waals surface area contributed by atoms with E-state index >= 15 is 0 Å². The molecular formula is C19H19F2NO5. The van der Waals surface area contributed by atoms with E-state index in [0.717, 1.165) is 6.07 Å². The molecular weight excluding hydrogens is 360 g/mol. The van der Waals surface area contributed by atoms with Crippen LogP contribution in [0.3, 0.4) is 0 Å². The van der Waals surface area contributed by atoms with Gasteiger partial charge in [0, 0.05) is 12.6 Å². The van der Waals surface area contributed by atoms with E-state index in [0.29, 0.717) is 11.3 Å². The Morgan fingerprint density at radius 1 is 1.07 bits per heavy atom. The van der Waals surface area contributed by atoms with Crippen molar-refractivity contribution in [1.82, 2.24) is 0 Å². The lowest BCUT2D eigenvalue weighted by Crippen LogP contribution is -2.11. The lowest BCUT2D eigenvalue weighted by Gasteiger charge is -2.16. The second kappa shape index (κ2) is 8.98. The molecule has 0 aliphatic heterocycles. The van der Waals surface area contributed by atoms with E-state index in [9.17, 15) is 18.4 Å². The van der Waals surface area contributed by atoms with Gasteiger partial charge in [-0.05, 0) is 42.8 Å². The average molecular weight is 379 g/mol. The van der Waals surface area contributed by atoms with Crippen molar-refractivity contribution in [3.05, 3.63) is 53.6 Å². The van der Waals surface area contributed by atoms with Crippen LogP contribution >= 0.6 is 0 Å². The molecule has 0 heterocycles.